The third-order valence-electron chi connectivity index (χ3n) is 3.96. The third kappa shape index (κ3) is 3.55. The van der Waals surface area contributed by atoms with E-state index in [1.165, 1.54) is 0 Å². The van der Waals surface area contributed by atoms with Crippen LogP contribution < -0.4 is 5.32 Å². The molecule has 2 heterocycles. The Labute approximate surface area is 136 Å². The van der Waals surface area contributed by atoms with Gasteiger partial charge in [0.2, 0.25) is 0 Å². The van der Waals surface area contributed by atoms with Crippen LogP contribution in [0.1, 0.15) is 38.3 Å². The molecule has 0 amide bonds. The number of nitrogens with one attached hydrogen (secondary N) is 1. The third-order valence-corrected chi connectivity index (χ3v) is 4.72. The van der Waals surface area contributed by atoms with Gasteiger partial charge in [-0.3, -0.25) is 4.90 Å². The maximum absolute atomic E-state index is 4.89. The Kier molecular flexibility index (Phi) is 4.90. The Hall–Kier alpha value is -0.720. The first-order valence-electron chi connectivity index (χ1n) is 7.38. The fourth-order valence-corrected chi connectivity index (χ4v) is 3.54. The van der Waals surface area contributed by atoms with E-state index in [0.29, 0.717) is 0 Å². The summed E-state index contributed by atoms with van der Waals surface area (Å²) in [6.45, 7) is 9.64. The van der Waals surface area contributed by atoms with Crippen LogP contribution in [0.5, 0.6) is 0 Å². The Morgan fingerprint density at radius 2 is 1.86 bits per heavy atom. The van der Waals surface area contributed by atoms with E-state index in [1.807, 2.05) is 7.05 Å². The molecule has 6 heteroatoms. The Morgan fingerprint density at radius 3 is 2.43 bits per heavy atom. The zero-order valence-corrected chi connectivity index (χ0v) is 15.5. The Bertz CT molecular complexity index is 512. The van der Waals surface area contributed by atoms with E-state index in [9.17, 15) is 0 Å². The molecule has 1 aromatic heterocycles. The molecule has 21 heavy (non-hydrogen) atoms. The summed E-state index contributed by atoms with van der Waals surface area (Å²) in [5.41, 5.74) is 1.03. The molecule has 0 aliphatic carbocycles. The largest absolute Gasteiger partial charge is 0.372 e. The molecule has 1 fully saturated rings. The molecule has 1 atom stereocenters. The van der Waals surface area contributed by atoms with Gasteiger partial charge in [-0.15, -0.1) is 0 Å². The van der Waals surface area contributed by atoms with Gasteiger partial charge in [0.25, 0.3) is 0 Å². The van der Waals surface area contributed by atoms with E-state index in [2.05, 4.69) is 65.9 Å². The van der Waals surface area contributed by atoms with Crippen LogP contribution in [0.4, 0.5) is 5.82 Å². The highest BCUT2D eigenvalue weighted by Crippen LogP contribution is 2.34. The zero-order valence-electron chi connectivity index (χ0n) is 13.9. The molecule has 1 aromatic rings. The quantitative estimate of drug-likeness (QED) is 0.882. The minimum atomic E-state index is -0.0265. The van der Waals surface area contributed by atoms with Crippen molar-refractivity contribution in [3.63, 3.8) is 0 Å². The van der Waals surface area contributed by atoms with Crippen molar-refractivity contribution in [3.8, 4) is 0 Å². The lowest BCUT2D eigenvalue weighted by atomic mass is 9.91. The summed E-state index contributed by atoms with van der Waals surface area (Å²) in [5.74, 6) is 1.77. The number of hydrogen-bond acceptors (Lipinski definition) is 5. The predicted octanol–water partition coefficient (Wildman–Crippen LogP) is 2.50. The molecular weight excluding hydrogens is 330 g/mol. The molecule has 1 saturated heterocycles. The summed E-state index contributed by atoms with van der Waals surface area (Å²) in [6.07, 6.45) is 0. The molecule has 1 aliphatic rings. The highest BCUT2D eigenvalue weighted by atomic mass is 79.9. The Balaban J connectivity index is 2.48. The summed E-state index contributed by atoms with van der Waals surface area (Å²) in [7, 11) is 6.21. The number of nitrogens with zero attached hydrogens (tertiary/aromatic N) is 4. The average molecular weight is 356 g/mol. The molecule has 5 nitrogen and oxygen atoms in total. The summed E-state index contributed by atoms with van der Waals surface area (Å²) < 4.78 is 0.966. The molecule has 1 N–H and O–H groups in total. The standard InChI is InChI=1S/C15H26BrN5/c1-15(2,3)12-11(16)14(17-4)19-13(18-12)10-9-20(5)7-8-21(10)6/h10H,7-9H2,1-6H3,(H,17,18,19). The number of hydrogen-bond donors (Lipinski definition) is 1. The van der Waals surface area contributed by atoms with Gasteiger partial charge in [0, 0.05) is 32.1 Å². The van der Waals surface area contributed by atoms with Crippen LogP contribution >= 0.6 is 15.9 Å². The smallest absolute Gasteiger partial charge is 0.149 e. The number of halogens is 1. The second kappa shape index (κ2) is 6.18. The second-order valence-electron chi connectivity index (χ2n) is 6.85. The molecule has 1 aliphatic heterocycles. The van der Waals surface area contributed by atoms with Gasteiger partial charge in [0.05, 0.1) is 16.2 Å². The first-order valence-corrected chi connectivity index (χ1v) is 8.17. The van der Waals surface area contributed by atoms with Gasteiger partial charge in [-0.25, -0.2) is 9.97 Å². The summed E-state index contributed by atoms with van der Waals surface area (Å²) in [4.78, 5) is 14.3. The van der Waals surface area contributed by atoms with Crippen molar-refractivity contribution in [1.29, 1.82) is 0 Å². The minimum Gasteiger partial charge on any atom is -0.372 e. The van der Waals surface area contributed by atoms with Gasteiger partial charge in [0.1, 0.15) is 11.6 Å². The monoisotopic (exact) mass is 355 g/mol. The van der Waals surface area contributed by atoms with Crippen molar-refractivity contribution in [1.82, 2.24) is 19.8 Å². The van der Waals surface area contributed by atoms with E-state index in [-0.39, 0.29) is 11.5 Å². The fraction of sp³-hybridized carbons (Fsp3) is 0.733. The molecule has 0 bridgehead atoms. The second-order valence-corrected chi connectivity index (χ2v) is 7.64. The van der Waals surface area contributed by atoms with Crippen molar-refractivity contribution in [2.75, 3.05) is 46.1 Å². The molecule has 0 spiro atoms. The van der Waals surface area contributed by atoms with E-state index in [0.717, 1.165) is 41.4 Å². The summed E-state index contributed by atoms with van der Waals surface area (Å²) in [6, 6.07) is 0.241. The Morgan fingerprint density at radius 1 is 1.19 bits per heavy atom. The first-order chi connectivity index (χ1) is 9.74. The van der Waals surface area contributed by atoms with Crippen LogP contribution in [0.3, 0.4) is 0 Å². The van der Waals surface area contributed by atoms with E-state index in [1.54, 1.807) is 0 Å². The van der Waals surface area contributed by atoms with Crippen molar-refractivity contribution in [3.05, 3.63) is 16.0 Å². The van der Waals surface area contributed by atoms with Crippen LogP contribution in [0.25, 0.3) is 0 Å². The molecular formula is C15H26BrN5. The molecule has 1 unspecified atom stereocenters. The highest BCUT2D eigenvalue weighted by Gasteiger charge is 2.30. The van der Waals surface area contributed by atoms with Crippen molar-refractivity contribution >= 4 is 21.7 Å². The predicted molar refractivity (Wildman–Crippen MR) is 90.8 cm³/mol. The number of aromatic nitrogens is 2. The van der Waals surface area contributed by atoms with Crippen LogP contribution in [-0.4, -0.2) is 60.5 Å². The van der Waals surface area contributed by atoms with Gasteiger partial charge in [0.15, 0.2) is 0 Å². The van der Waals surface area contributed by atoms with E-state index < -0.39 is 0 Å². The average Bonchev–Trinajstić information content (AvgIpc) is 2.40. The summed E-state index contributed by atoms with van der Waals surface area (Å²) >= 11 is 3.65. The zero-order chi connectivity index (χ0) is 15.8. The molecule has 0 radical (unpaired) electrons. The van der Waals surface area contributed by atoms with Gasteiger partial charge in [-0.05, 0) is 30.0 Å². The maximum atomic E-state index is 4.89. The van der Waals surface area contributed by atoms with Crippen LogP contribution in [0, 0.1) is 0 Å². The van der Waals surface area contributed by atoms with Crippen LogP contribution in [-0.2, 0) is 5.41 Å². The van der Waals surface area contributed by atoms with Gasteiger partial charge in [-0.1, -0.05) is 20.8 Å². The van der Waals surface area contributed by atoms with Crippen LogP contribution in [0.2, 0.25) is 0 Å². The van der Waals surface area contributed by atoms with Gasteiger partial charge >= 0.3 is 0 Å². The molecule has 0 saturated carbocycles. The van der Waals surface area contributed by atoms with Crippen LogP contribution in [0.15, 0.2) is 4.47 Å². The maximum Gasteiger partial charge on any atom is 0.149 e. The highest BCUT2D eigenvalue weighted by molar-refractivity contribution is 9.10. The van der Waals surface area contributed by atoms with Crippen molar-refractivity contribution in [2.24, 2.45) is 0 Å². The number of anilines is 1. The normalized spacial score (nSPS) is 21.6. The van der Waals surface area contributed by atoms with Gasteiger partial charge in [-0.2, -0.15) is 0 Å². The van der Waals surface area contributed by atoms with Gasteiger partial charge < -0.3 is 10.2 Å². The molecule has 118 valence electrons. The first kappa shape index (κ1) is 16.6. The van der Waals surface area contributed by atoms with Crippen molar-refractivity contribution in [2.45, 2.75) is 32.2 Å². The number of likely N-dealkylation sites (N-methyl/N-ethyl adjacent to an activating group) is 2. The number of rotatable bonds is 2. The lowest BCUT2D eigenvalue weighted by Gasteiger charge is -2.37. The molecule has 0 aromatic carbocycles. The SMILES string of the molecule is CNc1nc(C2CN(C)CCN2C)nc(C(C)(C)C)c1Br. The number of piperazine rings is 1. The molecule has 2 rings (SSSR count). The lowest BCUT2D eigenvalue weighted by molar-refractivity contribution is 0.109. The lowest BCUT2D eigenvalue weighted by Crippen LogP contribution is -2.45. The fourth-order valence-electron chi connectivity index (χ4n) is 2.56. The summed E-state index contributed by atoms with van der Waals surface area (Å²) in [5, 5.41) is 3.18. The van der Waals surface area contributed by atoms with Crippen molar-refractivity contribution < 1.29 is 0 Å². The topological polar surface area (TPSA) is 44.3 Å². The minimum absolute atomic E-state index is 0.0265. The van der Waals surface area contributed by atoms with E-state index >= 15 is 0 Å². The van der Waals surface area contributed by atoms with E-state index in [4.69, 9.17) is 9.97 Å².